The number of amidine groups is 1. The molecule has 0 spiro atoms. The average Bonchev–Trinajstić information content (AvgIpc) is 2.78. The molecule has 1 fully saturated rings. The van der Waals surface area contributed by atoms with Gasteiger partial charge in [-0.1, -0.05) is 62.8 Å². The van der Waals surface area contributed by atoms with Gasteiger partial charge in [0.25, 0.3) is 0 Å². The minimum Gasteiger partial charge on any atom is -0.480 e. The van der Waals surface area contributed by atoms with Crippen LogP contribution in [0.3, 0.4) is 0 Å². The summed E-state index contributed by atoms with van der Waals surface area (Å²) in [7, 11) is 1.48. The third-order valence-corrected chi connectivity index (χ3v) is 5.14. The number of carbonyl (C=O) groups excluding carboxylic acids is 2. The van der Waals surface area contributed by atoms with Crippen LogP contribution in [0.15, 0.2) is 24.3 Å². The zero-order chi connectivity index (χ0) is 23.2. The Balaban J connectivity index is 0.000000683. The monoisotopic (exact) mass is 433 g/mol. The molecule has 1 unspecified atom stereocenters. The molecule has 0 bridgehead atoms. The van der Waals surface area contributed by atoms with E-state index in [1.807, 2.05) is 0 Å². The molecule has 2 amide bonds. The number of amides is 2. The summed E-state index contributed by atoms with van der Waals surface area (Å²) in [6, 6.07) is 6.20. The van der Waals surface area contributed by atoms with Gasteiger partial charge in [-0.3, -0.25) is 25.1 Å². The smallest absolute Gasteiger partial charge is 0.317 e. The third-order valence-electron chi connectivity index (χ3n) is 5.14. The van der Waals surface area contributed by atoms with Gasteiger partial charge in [-0.2, -0.15) is 0 Å². The van der Waals surface area contributed by atoms with E-state index in [0.29, 0.717) is 5.56 Å². The topological polar surface area (TPSA) is 149 Å². The normalized spacial score (nSPS) is 13.9. The maximum atomic E-state index is 12.1. The van der Waals surface area contributed by atoms with Crippen LogP contribution in [-0.2, 0) is 20.9 Å². The Morgan fingerprint density at radius 2 is 1.58 bits per heavy atom. The summed E-state index contributed by atoms with van der Waals surface area (Å²) in [5, 5.41) is 21.0. The highest BCUT2D eigenvalue weighted by Gasteiger charge is 2.21. The standard InChI is InChI=1S/C16H23N5O4.C6H12/c1-10(21(2)13(22)8-19-9-14(23)24)16(25)20-7-11-3-5-12(6-4-11)15(17)18;1-2-4-6-5-3-1/h3-6,10,19H,7-9H2,1-2H3,(H3,17,18)(H,20,25)(H,23,24);1-6H2. The highest BCUT2D eigenvalue weighted by Crippen LogP contribution is 2.15. The van der Waals surface area contributed by atoms with Crippen LogP contribution >= 0.6 is 0 Å². The fourth-order valence-electron chi connectivity index (χ4n) is 2.99. The number of nitrogens with one attached hydrogen (secondary N) is 3. The van der Waals surface area contributed by atoms with E-state index in [2.05, 4.69) is 10.6 Å². The second kappa shape index (κ2) is 14.1. The van der Waals surface area contributed by atoms with E-state index in [4.69, 9.17) is 16.2 Å². The molecule has 1 aliphatic carbocycles. The van der Waals surface area contributed by atoms with E-state index in [1.165, 1.54) is 50.5 Å². The van der Waals surface area contributed by atoms with Crippen molar-refractivity contribution in [2.75, 3.05) is 20.1 Å². The predicted molar refractivity (Wildman–Crippen MR) is 120 cm³/mol. The first-order valence-corrected chi connectivity index (χ1v) is 10.6. The molecule has 1 aromatic carbocycles. The lowest BCUT2D eigenvalue weighted by atomic mass is 10.0. The lowest BCUT2D eigenvalue weighted by Crippen LogP contribution is -2.48. The number of aliphatic carboxylic acids is 1. The molecule has 0 radical (unpaired) electrons. The lowest BCUT2D eigenvalue weighted by Gasteiger charge is -2.24. The van der Waals surface area contributed by atoms with Gasteiger partial charge in [0.05, 0.1) is 13.1 Å². The van der Waals surface area contributed by atoms with Crippen molar-refractivity contribution >= 4 is 23.6 Å². The van der Waals surface area contributed by atoms with Crippen LogP contribution in [0.5, 0.6) is 0 Å². The number of nitrogens with zero attached hydrogens (tertiary/aromatic N) is 1. The van der Waals surface area contributed by atoms with Gasteiger partial charge in [0.2, 0.25) is 11.8 Å². The molecule has 9 nitrogen and oxygen atoms in total. The van der Waals surface area contributed by atoms with Crippen molar-refractivity contribution in [2.45, 2.75) is 58.0 Å². The minimum absolute atomic E-state index is 0.0270. The zero-order valence-electron chi connectivity index (χ0n) is 18.4. The summed E-state index contributed by atoms with van der Waals surface area (Å²) in [4.78, 5) is 35.7. The Labute approximate surface area is 183 Å². The lowest BCUT2D eigenvalue weighted by molar-refractivity contribution is -0.138. The van der Waals surface area contributed by atoms with Gasteiger partial charge in [0, 0.05) is 19.2 Å². The highest BCUT2D eigenvalue weighted by atomic mass is 16.4. The molecular formula is C22H35N5O4. The summed E-state index contributed by atoms with van der Waals surface area (Å²) in [5.41, 5.74) is 6.81. The number of nitrogen functional groups attached to an aromatic ring is 1. The molecule has 0 saturated heterocycles. The van der Waals surface area contributed by atoms with E-state index in [0.717, 1.165) is 5.56 Å². The Kier molecular flexibility index (Phi) is 11.9. The molecule has 0 heterocycles. The summed E-state index contributed by atoms with van der Waals surface area (Å²) < 4.78 is 0. The largest absolute Gasteiger partial charge is 0.480 e. The molecule has 1 atom stereocenters. The maximum absolute atomic E-state index is 12.1. The Morgan fingerprint density at radius 1 is 1.06 bits per heavy atom. The Hall–Kier alpha value is -2.94. The van der Waals surface area contributed by atoms with Crippen LogP contribution in [0.2, 0.25) is 0 Å². The number of carboxylic acid groups (broad SMARTS) is 1. The molecule has 172 valence electrons. The van der Waals surface area contributed by atoms with E-state index in [1.54, 1.807) is 31.2 Å². The fraction of sp³-hybridized carbons (Fsp3) is 0.545. The molecule has 2 rings (SSSR count). The van der Waals surface area contributed by atoms with Crippen molar-refractivity contribution < 1.29 is 19.5 Å². The number of hydrogen-bond acceptors (Lipinski definition) is 5. The number of likely N-dealkylation sites (N-methyl/N-ethyl adjacent to an activating group) is 1. The molecular weight excluding hydrogens is 398 g/mol. The van der Waals surface area contributed by atoms with Crippen LogP contribution in [-0.4, -0.2) is 59.8 Å². The number of nitrogens with two attached hydrogens (primary N) is 1. The molecule has 1 aliphatic rings. The first-order valence-electron chi connectivity index (χ1n) is 10.6. The average molecular weight is 434 g/mol. The molecule has 1 aromatic rings. The second-order valence-corrected chi connectivity index (χ2v) is 7.63. The van der Waals surface area contributed by atoms with E-state index < -0.39 is 12.0 Å². The van der Waals surface area contributed by atoms with Crippen molar-refractivity contribution in [3.05, 3.63) is 35.4 Å². The number of carbonyl (C=O) groups is 3. The Bertz CT molecular complexity index is 720. The van der Waals surface area contributed by atoms with Crippen LogP contribution < -0.4 is 16.4 Å². The summed E-state index contributed by atoms with van der Waals surface area (Å²) in [6.45, 7) is 1.38. The van der Waals surface area contributed by atoms with Gasteiger partial charge in [0.15, 0.2) is 0 Å². The summed E-state index contributed by atoms with van der Waals surface area (Å²) in [5.74, 6) is -1.79. The predicted octanol–water partition coefficient (Wildman–Crippen LogP) is 1.45. The summed E-state index contributed by atoms with van der Waals surface area (Å²) in [6.07, 6.45) is 9.00. The second-order valence-electron chi connectivity index (χ2n) is 7.63. The fourth-order valence-corrected chi connectivity index (χ4v) is 2.99. The quantitative estimate of drug-likeness (QED) is 0.294. The van der Waals surface area contributed by atoms with Crippen LogP contribution in [0.1, 0.15) is 56.6 Å². The number of carboxylic acids is 1. The van der Waals surface area contributed by atoms with Gasteiger partial charge in [-0.05, 0) is 12.5 Å². The van der Waals surface area contributed by atoms with E-state index in [-0.39, 0.29) is 37.3 Å². The van der Waals surface area contributed by atoms with Crippen LogP contribution in [0.25, 0.3) is 0 Å². The SMILES string of the molecule is C1CCCCC1.CC(C(=O)NCc1ccc(C(=N)N)cc1)N(C)C(=O)CNCC(=O)O. The zero-order valence-corrected chi connectivity index (χ0v) is 18.4. The number of hydrogen-bond donors (Lipinski definition) is 5. The van der Waals surface area contributed by atoms with Gasteiger partial charge < -0.3 is 21.1 Å². The van der Waals surface area contributed by atoms with Gasteiger partial charge >= 0.3 is 5.97 Å². The first kappa shape index (κ1) is 26.1. The van der Waals surface area contributed by atoms with Crippen molar-refractivity contribution in [1.82, 2.24) is 15.5 Å². The molecule has 1 saturated carbocycles. The van der Waals surface area contributed by atoms with E-state index >= 15 is 0 Å². The molecule has 31 heavy (non-hydrogen) atoms. The molecule has 9 heteroatoms. The van der Waals surface area contributed by atoms with Crippen LogP contribution in [0, 0.1) is 5.41 Å². The van der Waals surface area contributed by atoms with E-state index in [9.17, 15) is 14.4 Å². The van der Waals surface area contributed by atoms with Gasteiger partial charge in [-0.25, -0.2) is 0 Å². The molecule has 0 aromatic heterocycles. The van der Waals surface area contributed by atoms with Crippen LogP contribution in [0.4, 0.5) is 0 Å². The van der Waals surface area contributed by atoms with Crippen molar-refractivity contribution in [1.29, 1.82) is 5.41 Å². The first-order chi connectivity index (χ1) is 14.7. The third kappa shape index (κ3) is 10.6. The number of rotatable bonds is 9. The maximum Gasteiger partial charge on any atom is 0.317 e. The number of benzene rings is 1. The van der Waals surface area contributed by atoms with Crippen molar-refractivity contribution in [3.63, 3.8) is 0 Å². The van der Waals surface area contributed by atoms with Gasteiger partial charge in [0.1, 0.15) is 11.9 Å². The minimum atomic E-state index is -1.06. The Morgan fingerprint density at radius 3 is 2.03 bits per heavy atom. The van der Waals surface area contributed by atoms with Crippen molar-refractivity contribution in [3.8, 4) is 0 Å². The molecule has 0 aliphatic heterocycles. The van der Waals surface area contributed by atoms with Gasteiger partial charge in [-0.15, -0.1) is 0 Å². The highest BCUT2D eigenvalue weighted by molar-refractivity contribution is 5.94. The summed E-state index contributed by atoms with van der Waals surface area (Å²) >= 11 is 0. The van der Waals surface area contributed by atoms with Crippen molar-refractivity contribution in [2.24, 2.45) is 5.73 Å². The molecule has 6 N–H and O–H groups in total.